The van der Waals surface area contributed by atoms with Crippen LogP contribution in [0.2, 0.25) is 0 Å². The third-order valence-electron chi connectivity index (χ3n) is 3.40. The number of anilines is 2. The molecule has 0 radical (unpaired) electrons. The molecule has 2 aromatic heterocycles. The zero-order valence-corrected chi connectivity index (χ0v) is 13.2. The fourth-order valence-corrected chi connectivity index (χ4v) is 2.39. The van der Waals surface area contributed by atoms with Gasteiger partial charge in [0.15, 0.2) is 0 Å². The van der Waals surface area contributed by atoms with Gasteiger partial charge in [0.25, 0.3) is 5.78 Å². The summed E-state index contributed by atoms with van der Waals surface area (Å²) < 4.78 is 15.9. The third-order valence-corrected chi connectivity index (χ3v) is 3.40. The van der Waals surface area contributed by atoms with Crippen molar-refractivity contribution in [3.8, 4) is 0 Å². The predicted molar refractivity (Wildman–Crippen MR) is 86.5 cm³/mol. The fraction of sp³-hybridized carbons (Fsp3) is 0.312. The predicted octanol–water partition coefficient (Wildman–Crippen LogP) is 2.74. The van der Waals surface area contributed by atoms with Crippen molar-refractivity contribution in [2.45, 2.75) is 27.3 Å². The Balaban J connectivity index is 2.00. The smallest absolute Gasteiger partial charge is 0.340 e. The molecule has 1 aromatic carbocycles. The molecule has 0 fully saturated rings. The monoisotopic (exact) mass is 315 g/mol. The maximum Gasteiger partial charge on any atom is 0.351 e. The molecule has 0 aliphatic carbocycles. The van der Waals surface area contributed by atoms with E-state index in [1.165, 1.54) is 21.2 Å². The Morgan fingerprint density at radius 3 is 2.61 bits per heavy atom. The molecule has 0 saturated heterocycles. The van der Waals surface area contributed by atoms with Crippen LogP contribution in [0.1, 0.15) is 19.5 Å². The molecule has 1 N–H and O–H groups in total. The molecule has 0 unspecified atom stereocenters. The molecular weight excluding hydrogens is 297 g/mol. The molecule has 0 aliphatic rings. The Morgan fingerprint density at radius 1 is 1.26 bits per heavy atom. The van der Waals surface area contributed by atoms with Crippen molar-refractivity contribution in [1.82, 2.24) is 19.2 Å². The van der Waals surface area contributed by atoms with Crippen molar-refractivity contribution in [3.05, 3.63) is 52.3 Å². The molecule has 0 saturated carbocycles. The summed E-state index contributed by atoms with van der Waals surface area (Å²) in [5.41, 5.74) is 1.26. The van der Waals surface area contributed by atoms with Gasteiger partial charge in [-0.15, -0.1) is 5.10 Å². The van der Waals surface area contributed by atoms with Crippen LogP contribution in [-0.2, 0) is 6.54 Å². The number of aryl methyl sites for hydroxylation is 1. The Hall–Kier alpha value is -2.70. The minimum absolute atomic E-state index is 0.188. The summed E-state index contributed by atoms with van der Waals surface area (Å²) in [6.45, 7) is 6.42. The van der Waals surface area contributed by atoms with Gasteiger partial charge in [0, 0.05) is 24.0 Å². The number of aromatic nitrogens is 4. The molecule has 0 amide bonds. The van der Waals surface area contributed by atoms with Gasteiger partial charge in [0.2, 0.25) is 0 Å². The fourth-order valence-electron chi connectivity index (χ4n) is 2.39. The SMILES string of the molecule is Cc1cc(Nc2ccc(F)cc2)nc2nn(CC(C)C)c(=O)n12. The van der Waals surface area contributed by atoms with Gasteiger partial charge in [-0.2, -0.15) is 4.98 Å². The standard InChI is InChI=1S/C16H18FN5O/c1-10(2)9-21-16(23)22-11(3)8-14(19-15(22)20-21)18-13-6-4-12(17)5-7-13/h4-8,10H,9H2,1-3H3,(H,18,19,20). The van der Waals surface area contributed by atoms with E-state index in [-0.39, 0.29) is 11.5 Å². The number of halogens is 1. The lowest BCUT2D eigenvalue weighted by Crippen LogP contribution is -2.24. The second-order valence-electron chi connectivity index (χ2n) is 5.91. The van der Waals surface area contributed by atoms with Crippen LogP contribution in [0.25, 0.3) is 5.78 Å². The highest BCUT2D eigenvalue weighted by Crippen LogP contribution is 2.16. The second-order valence-corrected chi connectivity index (χ2v) is 5.91. The van der Waals surface area contributed by atoms with E-state index in [0.29, 0.717) is 29.7 Å². The molecule has 6 nitrogen and oxygen atoms in total. The molecule has 0 bridgehead atoms. The van der Waals surface area contributed by atoms with Crippen molar-refractivity contribution in [1.29, 1.82) is 0 Å². The van der Waals surface area contributed by atoms with Crippen molar-refractivity contribution in [2.24, 2.45) is 5.92 Å². The first kappa shape index (κ1) is 15.2. The van der Waals surface area contributed by atoms with E-state index >= 15 is 0 Å². The maximum absolute atomic E-state index is 13.0. The van der Waals surface area contributed by atoms with Crippen molar-refractivity contribution < 1.29 is 4.39 Å². The Morgan fingerprint density at radius 2 is 1.96 bits per heavy atom. The van der Waals surface area contributed by atoms with E-state index in [1.807, 2.05) is 20.8 Å². The topological polar surface area (TPSA) is 64.2 Å². The summed E-state index contributed by atoms with van der Waals surface area (Å²) in [5, 5.41) is 7.38. The first-order chi connectivity index (χ1) is 10.9. The number of nitrogens with zero attached hydrogens (tertiary/aromatic N) is 4. The summed E-state index contributed by atoms with van der Waals surface area (Å²) in [4.78, 5) is 16.7. The average molecular weight is 315 g/mol. The van der Waals surface area contributed by atoms with Gasteiger partial charge < -0.3 is 5.32 Å². The molecule has 120 valence electrons. The molecule has 23 heavy (non-hydrogen) atoms. The van der Waals surface area contributed by atoms with Crippen LogP contribution in [0.3, 0.4) is 0 Å². The normalized spacial score (nSPS) is 11.3. The molecule has 0 spiro atoms. The van der Waals surface area contributed by atoms with E-state index in [2.05, 4.69) is 15.4 Å². The first-order valence-corrected chi connectivity index (χ1v) is 7.44. The van der Waals surface area contributed by atoms with Crippen LogP contribution < -0.4 is 11.0 Å². The first-order valence-electron chi connectivity index (χ1n) is 7.44. The minimum Gasteiger partial charge on any atom is -0.340 e. The summed E-state index contributed by atoms with van der Waals surface area (Å²) in [5.74, 6) is 0.924. The molecular formula is C16H18FN5O. The molecule has 3 rings (SSSR count). The van der Waals surface area contributed by atoms with Gasteiger partial charge in [0.1, 0.15) is 11.6 Å². The molecule has 2 heterocycles. The molecule has 0 atom stereocenters. The second kappa shape index (κ2) is 5.83. The van der Waals surface area contributed by atoms with Gasteiger partial charge in [0.05, 0.1) is 0 Å². The minimum atomic E-state index is -0.297. The van der Waals surface area contributed by atoms with Gasteiger partial charge >= 0.3 is 5.69 Å². The lowest BCUT2D eigenvalue weighted by atomic mass is 10.2. The number of benzene rings is 1. The van der Waals surface area contributed by atoms with Crippen LogP contribution >= 0.6 is 0 Å². The zero-order valence-electron chi connectivity index (χ0n) is 13.2. The lowest BCUT2D eigenvalue weighted by molar-refractivity contribution is 0.471. The van der Waals surface area contributed by atoms with Crippen LogP contribution in [0.4, 0.5) is 15.9 Å². The summed E-state index contributed by atoms with van der Waals surface area (Å²) >= 11 is 0. The van der Waals surface area contributed by atoms with E-state index in [9.17, 15) is 9.18 Å². The van der Waals surface area contributed by atoms with Crippen LogP contribution in [0, 0.1) is 18.7 Å². The summed E-state index contributed by atoms with van der Waals surface area (Å²) in [6, 6.07) is 7.75. The third kappa shape index (κ3) is 3.08. The average Bonchev–Trinajstić information content (AvgIpc) is 2.77. The van der Waals surface area contributed by atoms with E-state index in [4.69, 9.17) is 0 Å². The molecule has 0 aliphatic heterocycles. The van der Waals surface area contributed by atoms with Crippen LogP contribution in [0.15, 0.2) is 35.1 Å². The number of rotatable bonds is 4. The maximum atomic E-state index is 13.0. The summed E-state index contributed by atoms with van der Waals surface area (Å²) in [7, 11) is 0. The highest BCUT2D eigenvalue weighted by molar-refractivity contribution is 5.57. The van der Waals surface area contributed by atoms with Crippen molar-refractivity contribution >= 4 is 17.3 Å². The van der Waals surface area contributed by atoms with Crippen molar-refractivity contribution in [3.63, 3.8) is 0 Å². The van der Waals surface area contributed by atoms with E-state index in [1.54, 1.807) is 18.2 Å². The largest absolute Gasteiger partial charge is 0.351 e. The van der Waals surface area contributed by atoms with Gasteiger partial charge in [-0.3, -0.25) is 0 Å². The quantitative estimate of drug-likeness (QED) is 0.804. The number of fused-ring (bicyclic) bond motifs is 1. The Bertz CT molecular complexity index is 895. The highest BCUT2D eigenvalue weighted by Gasteiger charge is 2.12. The van der Waals surface area contributed by atoms with Gasteiger partial charge in [-0.25, -0.2) is 18.3 Å². The summed E-state index contributed by atoms with van der Waals surface area (Å²) in [6.07, 6.45) is 0. The van der Waals surface area contributed by atoms with Crippen LogP contribution in [0.5, 0.6) is 0 Å². The number of nitrogens with one attached hydrogen (secondary N) is 1. The molecule has 7 heteroatoms. The van der Waals surface area contributed by atoms with Gasteiger partial charge in [-0.05, 0) is 37.1 Å². The number of hydrogen-bond acceptors (Lipinski definition) is 4. The Labute approximate surface area is 132 Å². The van der Waals surface area contributed by atoms with Gasteiger partial charge in [-0.1, -0.05) is 13.8 Å². The molecule has 3 aromatic rings. The zero-order chi connectivity index (χ0) is 16.6. The van der Waals surface area contributed by atoms with E-state index in [0.717, 1.165) is 5.69 Å². The van der Waals surface area contributed by atoms with Crippen LogP contribution in [-0.4, -0.2) is 19.2 Å². The van der Waals surface area contributed by atoms with E-state index < -0.39 is 0 Å². The highest BCUT2D eigenvalue weighted by atomic mass is 19.1. The lowest BCUT2D eigenvalue weighted by Gasteiger charge is -2.06. The number of hydrogen-bond donors (Lipinski definition) is 1. The van der Waals surface area contributed by atoms with Crippen molar-refractivity contribution in [2.75, 3.05) is 5.32 Å². The Kier molecular flexibility index (Phi) is 3.85.